The molecule has 0 aliphatic carbocycles. The van der Waals surface area contributed by atoms with E-state index < -0.39 is 11.6 Å². The maximum atomic E-state index is 15.3. The Kier molecular flexibility index (Phi) is 5.26. The third-order valence-corrected chi connectivity index (χ3v) is 5.46. The molecule has 0 unspecified atom stereocenters. The molecule has 152 valence electrons. The highest BCUT2D eigenvalue weighted by molar-refractivity contribution is 5.99. The van der Waals surface area contributed by atoms with Gasteiger partial charge in [0.2, 0.25) is 0 Å². The Labute approximate surface area is 179 Å². The zero-order chi connectivity index (χ0) is 22.1. The number of rotatable bonds is 5. The second kappa shape index (κ2) is 8.04. The quantitative estimate of drug-likeness (QED) is 0.352. The Morgan fingerprint density at radius 1 is 0.613 bits per heavy atom. The van der Waals surface area contributed by atoms with Crippen LogP contribution >= 0.6 is 0 Å². The van der Waals surface area contributed by atoms with E-state index in [1.54, 1.807) is 36.4 Å². The summed E-state index contributed by atoms with van der Waals surface area (Å²) in [5, 5.41) is 12.4. The molecular weight excluding hydrogens is 390 g/mol. The molecule has 0 fully saturated rings. The van der Waals surface area contributed by atoms with Gasteiger partial charge in [-0.15, -0.1) is 0 Å². The van der Waals surface area contributed by atoms with Crippen molar-refractivity contribution < 1.29 is 13.9 Å². The number of fused-ring (bicyclic) bond motifs is 1. The predicted octanol–water partition coefficient (Wildman–Crippen LogP) is 8.09. The normalized spacial score (nSPS) is 10.8. The van der Waals surface area contributed by atoms with E-state index in [1.165, 1.54) is 24.3 Å². The summed E-state index contributed by atoms with van der Waals surface area (Å²) in [7, 11) is 0. The van der Waals surface area contributed by atoms with Crippen molar-refractivity contribution >= 4 is 29.0 Å². The van der Waals surface area contributed by atoms with Crippen LogP contribution in [0.25, 0.3) is 51.3 Å². The molecule has 0 aliphatic rings. The van der Waals surface area contributed by atoms with Gasteiger partial charge < -0.3 is 5.11 Å². The first-order chi connectivity index (χ1) is 15.0. The molecule has 0 heterocycles. The summed E-state index contributed by atoms with van der Waals surface area (Å²) in [5.41, 5.74) is 3.95. The number of hydrogen-bond donors (Lipinski definition) is 1. The van der Waals surface area contributed by atoms with Crippen LogP contribution in [0.4, 0.5) is 8.78 Å². The van der Waals surface area contributed by atoms with E-state index >= 15 is 4.39 Å². The molecule has 0 spiro atoms. The fraction of sp³-hybridized carbons (Fsp3) is 0. The van der Waals surface area contributed by atoms with E-state index in [2.05, 4.69) is 19.7 Å². The van der Waals surface area contributed by atoms with E-state index in [4.69, 9.17) is 0 Å². The molecular formula is C28H20F2O. The highest BCUT2D eigenvalue weighted by Crippen LogP contribution is 2.41. The Morgan fingerprint density at radius 2 is 1.29 bits per heavy atom. The SMILES string of the molecule is C=Cc1cc(F)ccc1-c1cc(F)c(-c2ccc3c(C=C)cccc3c2O)cc1C=C. The van der Waals surface area contributed by atoms with Crippen LogP contribution in [0.15, 0.2) is 80.4 Å². The molecule has 0 radical (unpaired) electrons. The molecule has 0 amide bonds. The standard InChI is InChI=1S/C28H20F2O/c1-4-17-8-7-9-23-21(17)12-13-24(28(23)31)26-15-19(6-3)25(16-27(26)30)22-11-10-20(29)14-18(22)5-2/h4-16,31H,1-3H2. The van der Waals surface area contributed by atoms with Crippen LogP contribution < -0.4 is 0 Å². The number of aromatic hydroxyl groups is 1. The molecule has 4 aromatic carbocycles. The average molecular weight is 410 g/mol. The van der Waals surface area contributed by atoms with E-state index in [1.807, 2.05) is 18.2 Å². The van der Waals surface area contributed by atoms with Crippen molar-refractivity contribution in [2.45, 2.75) is 0 Å². The number of phenolic OH excluding ortho intramolecular Hbond substituents is 1. The number of benzene rings is 4. The lowest BCUT2D eigenvalue weighted by Crippen LogP contribution is -1.94. The van der Waals surface area contributed by atoms with E-state index in [0.29, 0.717) is 33.2 Å². The average Bonchev–Trinajstić information content (AvgIpc) is 2.79. The lowest BCUT2D eigenvalue weighted by Gasteiger charge is -2.15. The minimum absolute atomic E-state index is 0.00331. The summed E-state index contributed by atoms with van der Waals surface area (Å²) in [6, 6.07) is 16.4. The molecule has 0 aromatic heterocycles. The highest BCUT2D eigenvalue weighted by Gasteiger charge is 2.17. The fourth-order valence-electron chi connectivity index (χ4n) is 3.91. The predicted molar refractivity (Wildman–Crippen MR) is 127 cm³/mol. The summed E-state index contributed by atoms with van der Waals surface area (Å²) in [6.45, 7) is 11.4. The smallest absolute Gasteiger partial charge is 0.131 e. The Balaban J connectivity index is 1.95. The largest absolute Gasteiger partial charge is 0.507 e. The second-order valence-corrected chi connectivity index (χ2v) is 7.17. The molecule has 0 atom stereocenters. The van der Waals surface area contributed by atoms with Gasteiger partial charge in [0, 0.05) is 16.5 Å². The van der Waals surface area contributed by atoms with Crippen LogP contribution in [0.2, 0.25) is 0 Å². The van der Waals surface area contributed by atoms with Crippen molar-refractivity contribution in [2.75, 3.05) is 0 Å². The molecule has 0 aliphatic heterocycles. The van der Waals surface area contributed by atoms with Crippen molar-refractivity contribution in [3.05, 3.63) is 109 Å². The van der Waals surface area contributed by atoms with Crippen molar-refractivity contribution in [3.8, 4) is 28.0 Å². The van der Waals surface area contributed by atoms with Crippen LogP contribution in [0, 0.1) is 11.6 Å². The van der Waals surface area contributed by atoms with Gasteiger partial charge in [0.25, 0.3) is 0 Å². The van der Waals surface area contributed by atoms with Gasteiger partial charge in [-0.05, 0) is 63.5 Å². The van der Waals surface area contributed by atoms with Crippen LogP contribution in [0.1, 0.15) is 16.7 Å². The van der Waals surface area contributed by atoms with Gasteiger partial charge in [-0.2, -0.15) is 0 Å². The van der Waals surface area contributed by atoms with Gasteiger partial charge in [0.15, 0.2) is 0 Å². The van der Waals surface area contributed by atoms with Gasteiger partial charge in [0.05, 0.1) is 0 Å². The Hall–Kier alpha value is -3.98. The van der Waals surface area contributed by atoms with Crippen molar-refractivity contribution in [1.29, 1.82) is 0 Å². The molecule has 4 aromatic rings. The molecule has 1 nitrogen and oxygen atoms in total. The molecule has 0 saturated heterocycles. The lowest BCUT2D eigenvalue weighted by molar-refractivity contribution is 0.483. The first-order valence-corrected chi connectivity index (χ1v) is 9.74. The number of hydrogen-bond acceptors (Lipinski definition) is 1. The molecule has 0 saturated carbocycles. The van der Waals surface area contributed by atoms with Crippen LogP contribution in [-0.4, -0.2) is 5.11 Å². The van der Waals surface area contributed by atoms with Crippen LogP contribution in [0.5, 0.6) is 5.75 Å². The summed E-state index contributed by atoms with van der Waals surface area (Å²) in [6.07, 6.45) is 4.86. The summed E-state index contributed by atoms with van der Waals surface area (Å²) in [5.74, 6) is -0.901. The number of phenols is 1. The molecule has 4 rings (SSSR count). The Morgan fingerprint density at radius 3 is 2.00 bits per heavy atom. The first-order valence-electron chi connectivity index (χ1n) is 9.74. The molecule has 31 heavy (non-hydrogen) atoms. The topological polar surface area (TPSA) is 20.2 Å². The van der Waals surface area contributed by atoms with Crippen molar-refractivity contribution in [2.24, 2.45) is 0 Å². The highest BCUT2D eigenvalue weighted by atomic mass is 19.1. The van der Waals surface area contributed by atoms with Crippen LogP contribution in [-0.2, 0) is 0 Å². The van der Waals surface area contributed by atoms with E-state index in [0.717, 1.165) is 10.9 Å². The molecule has 3 heteroatoms. The second-order valence-electron chi connectivity index (χ2n) is 7.17. The summed E-state index contributed by atoms with van der Waals surface area (Å²) in [4.78, 5) is 0. The fourth-order valence-corrected chi connectivity index (χ4v) is 3.91. The third kappa shape index (κ3) is 3.44. The third-order valence-electron chi connectivity index (χ3n) is 5.46. The zero-order valence-electron chi connectivity index (χ0n) is 16.8. The summed E-state index contributed by atoms with van der Waals surface area (Å²) < 4.78 is 29.0. The molecule has 1 N–H and O–H groups in total. The Bertz CT molecular complexity index is 1370. The minimum Gasteiger partial charge on any atom is -0.507 e. The van der Waals surface area contributed by atoms with E-state index in [9.17, 15) is 9.50 Å². The van der Waals surface area contributed by atoms with E-state index in [-0.39, 0.29) is 11.3 Å². The maximum absolute atomic E-state index is 15.3. The maximum Gasteiger partial charge on any atom is 0.131 e. The zero-order valence-corrected chi connectivity index (χ0v) is 16.8. The van der Waals surface area contributed by atoms with Gasteiger partial charge in [-0.3, -0.25) is 0 Å². The van der Waals surface area contributed by atoms with Crippen molar-refractivity contribution in [3.63, 3.8) is 0 Å². The van der Waals surface area contributed by atoms with Gasteiger partial charge in [-0.25, -0.2) is 8.78 Å². The summed E-state index contributed by atoms with van der Waals surface area (Å²) >= 11 is 0. The monoisotopic (exact) mass is 410 g/mol. The molecule has 0 bridgehead atoms. The van der Waals surface area contributed by atoms with Gasteiger partial charge in [0.1, 0.15) is 17.4 Å². The lowest BCUT2D eigenvalue weighted by atomic mass is 9.90. The van der Waals surface area contributed by atoms with Gasteiger partial charge in [-0.1, -0.05) is 68.3 Å². The number of halogens is 2. The van der Waals surface area contributed by atoms with Crippen molar-refractivity contribution in [1.82, 2.24) is 0 Å². The first kappa shape index (κ1) is 20.3. The van der Waals surface area contributed by atoms with Gasteiger partial charge >= 0.3 is 0 Å². The minimum atomic E-state index is -0.505. The van der Waals surface area contributed by atoms with Crippen LogP contribution in [0.3, 0.4) is 0 Å².